The molecule has 3 heteroatoms. The van der Waals surface area contributed by atoms with Gasteiger partial charge in [0.05, 0.1) is 0 Å². The molecule has 17 heavy (non-hydrogen) atoms. The van der Waals surface area contributed by atoms with Crippen LogP contribution in [0.3, 0.4) is 0 Å². The molecule has 0 atom stereocenters. The fourth-order valence-electron chi connectivity index (χ4n) is 1.62. The largest absolute Gasteiger partial charge is 0.508 e. The lowest BCUT2D eigenvalue weighted by molar-refractivity contribution is 0.475. The zero-order valence-corrected chi connectivity index (χ0v) is 10.5. The Morgan fingerprint density at radius 3 is 2.47 bits per heavy atom. The van der Waals surface area contributed by atoms with Crippen molar-refractivity contribution in [2.45, 2.75) is 23.1 Å². The van der Waals surface area contributed by atoms with Crippen molar-refractivity contribution in [3.8, 4) is 5.75 Å². The molecule has 0 saturated carbocycles. The van der Waals surface area contributed by atoms with Gasteiger partial charge < -0.3 is 10.8 Å². The molecule has 0 saturated heterocycles. The Balaban J connectivity index is 2.26. The van der Waals surface area contributed by atoms with E-state index in [1.165, 1.54) is 10.5 Å². The van der Waals surface area contributed by atoms with Crippen LogP contribution in [0.4, 0.5) is 5.69 Å². The third kappa shape index (κ3) is 2.94. The number of aromatic hydroxyl groups is 1. The topological polar surface area (TPSA) is 46.2 Å². The van der Waals surface area contributed by atoms with Gasteiger partial charge in [-0.3, -0.25) is 0 Å². The van der Waals surface area contributed by atoms with Crippen molar-refractivity contribution < 1.29 is 5.11 Å². The van der Waals surface area contributed by atoms with E-state index in [9.17, 15) is 5.11 Å². The number of anilines is 1. The zero-order chi connectivity index (χ0) is 12.3. The molecule has 0 aliphatic heterocycles. The van der Waals surface area contributed by atoms with Crippen LogP contribution in [-0.2, 0) is 6.42 Å². The molecule has 0 aliphatic rings. The van der Waals surface area contributed by atoms with Gasteiger partial charge in [-0.1, -0.05) is 18.7 Å². The van der Waals surface area contributed by atoms with Gasteiger partial charge in [0.15, 0.2) is 0 Å². The van der Waals surface area contributed by atoms with Crippen LogP contribution in [0.2, 0.25) is 0 Å². The lowest BCUT2D eigenvalue weighted by Gasteiger charge is -2.08. The summed E-state index contributed by atoms with van der Waals surface area (Å²) in [4.78, 5) is 2.33. The maximum atomic E-state index is 9.23. The number of nitrogens with two attached hydrogens (primary N) is 1. The first kappa shape index (κ1) is 11.9. The lowest BCUT2D eigenvalue weighted by atomic mass is 10.1. The number of nitrogen functional groups attached to an aromatic ring is 1. The van der Waals surface area contributed by atoms with Gasteiger partial charge in [-0.25, -0.2) is 0 Å². The van der Waals surface area contributed by atoms with E-state index < -0.39 is 0 Å². The van der Waals surface area contributed by atoms with Crippen molar-refractivity contribution in [2.24, 2.45) is 0 Å². The molecule has 0 radical (unpaired) electrons. The van der Waals surface area contributed by atoms with Gasteiger partial charge in [-0.15, -0.1) is 0 Å². The standard InChI is InChI=1S/C14H15NOS/c1-2-10-9-11(15)3-8-14(10)17-13-6-4-12(16)5-7-13/h3-9,16H,2,15H2,1H3. The molecule has 0 aromatic heterocycles. The first-order valence-corrected chi connectivity index (χ1v) is 6.36. The van der Waals surface area contributed by atoms with E-state index >= 15 is 0 Å². The summed E-state index contributed by atoms with van der Waals surface area (Å²) >= 11 is 1.69. The first-order valence-electron chi connectivity index (χ1n) is 5.54. The second kappa shape index (κ2) is 5.15. The summed E-state index contributed by atoms with van der Waals surface area (Å²) in [7, 11) is 0. The highest BCUT2D eigenvalue weighted by Crippen LogP contribution is 2.32. The fraction of sp³-hybridized carbons (Fsp3) is 0.143. The van der Waals surface area contributed by atoms with Crippen LogP contribution in [0.25, 0.3) is 0 Å². The molecular formula is C14H15NOS. The summed E-state index contributed by atoms with van der Waals surface area (Å²) in [6, 6.07) is 13.2. The van der Waals surface area contributed by atoms with Crippen molar-refractivity contribution >= 4 is 17.4 Å². The van der Waals surface area contributed by atoms with Gasteiger partial charge in [-0.05, 0) is 54.4 Å². The maximum Gasteiger partial charge on any atom is 0.115 e. The normalized spacial score (nSPS) is 10.4. The minimum absolute atomic E-state index is 0.294. The number of benzene rings is 2. The Morgan fingerprint density at radius 2 is 1.82 bits per heavy atom. The number of aryl methyl sites for hydroxylation is 1. The van der Waals surface area contributed by atoms with Crippen LogP contribution >= 0.6 is 11.8 Å². The van der Waals surface area contributed by atoms with Crippen LogP contribution in [-0.4, -0.2) is 5.11 Å². The highest BCUT2D eigenvalue weighted by molar-refractivity contribution is 7.99. The van der Waals surface area contributed by atoms with Crippen molar-refractivity contribution in [1.29, 1.82) is 0 Å². The number of phenols is 1. The van der Waals surface area contributed by atoms with Gasteiger partial charge in [0.2, 0.25) is 0 Å². The molecule has 2 aromatic rings. The third-order valence-electron chi connectivity index (χ3n) is 2.53. The number of hydrogen-bond donors (Lipinski definition) is 2. The van der Waals surface area contributed by atoms with Crippen molar-refractivity contribution in [2.75, 3.05) is 5.73 Å². The Kier molecular flexibility index (Phi) is 3.59. The van der Waals surface area contributed by atoms with E-state index in [4.69, 9.17) is 5.73 Å². The van der Waals surface area contributed by atoms with E-state index in [0.29, 0.717) is 5.75 Å². The van der Waals surface area contributed by atoms with Gasteiger partial charge in [0, 0.05) is 15.5 Å². The monoisotopic (exact) mass is 245 g/mol. The summed E-state index contributed by atoms with van der Waals surface area (Å²) < 4.78 is 0. The summed E-state index contributed by atoms with van der Waals surface area (Å²) in [5.41, 5.74) is 7.83. The van der Waals surface area contributed by atoms with Gasteiger partial charge >= 0.3 is 0 Å². The molecule has 0 aliphatic carbocycles. The minimum atomic E-state index is 0.294. The number of rotatable bonds is 3. The quantitative estimate of drug-likeness (QED) is 0.811. The average Bonchev–Trinajstić information content (AvgIpc) is 2.34. The molecule has 0 heterocycles. The third-order valence-corrected chi connectivity index (χ3v) is 3.66. The lowest BCUT2D eigenvalue weighted by Crippen LogP contribution is -1.90. The Hall–Kier alpha value is -1.61. The summed E-state index contributed by atoms with van der Waals surface area (Å²) in [5.74, 6) is 0.294. The molecule has 3 N–H and O–H groups in total. The number of hydrogen-bond acceptors (Lipinski definition) is 3. The van der Waals surface area contributed by atoms with Crippen molar-refractivity contribution in [3.05, 3.63) is 48.0 Å². The molecule has 2 nitrogen and oxygen atoms in total. The molecule has 0 fully saturated rings. The molecule has 2 aromatic carbocycles. The second-order valence-electron chi connectivity index (χ2n) is 3.82. The molecule has 0 bridgehead atoms. The SMILES string of the molecule is CCc1cc(N)ccc1Sc1ccc(O)cc1. The molecule has 2 rings (SSSR count). The zero-order valence-electron chi connectivity index (χ0n) is 9.68. The van der Waals surface area contributed by atoms with E-state index in [2.05, 4.69) is 6.92 Å². The Morgan fingerprint density at radius 1 is 1.12 bits per heavy atom. The van der Waals surface area contributed by atoms with Crippen LogP contribution in [0.1, 0.15) is 12.5 Å². The smallest absolute Gasteiger partial charge is 0.115 e. The van der Waals surface area contributed by atoms with E-state index in [-0.39, 0.29) is 0 Å². The van der Waals surface area contributed by atoms with Crippen LogP contribution < -0.4 is 5.73 Å². The van der Waals surface area contributed by atoms with E-state index in [1.54, 1.807) is 23.9 Å². The van der Waals surface area contributed by atoms with Crippen LogP contribution in [0.5, 0.6) is 5.75 Å². The van der Waals surface area contributed by atoms with Crippen LogP contribution in [0, 0.1) is 0 Å². The first-order chi connectivity index (χ1) is 8.19. The fourth-order valence-corrected chi connectivity index (χ4v) is 2.61. The molecule has 88 valence electrons. The van der Waals surface area contributed by atoms with Gasteiger partial charge in [0.1, 0.15) is 5.75 Å². The summed E-state index contributed by atoms with van der Waals surface area (Å²) in [5, 5.41) is 9.23. The highest BCUT2D eigenvalue weighted by atomic mass is 32.2. The van der Waals surface area contributed by atoms with Gasteiger partial charge in [-0.2, -0.15) is 0 Å². The van der Waals surface area contributed by atoms with Gasteiger partial charge in [0.25, 0.3) is 0 Å². The molecule has 0 unspecified atom stereocenters. The maximum absolute atomic E-state index is 9.23. The minimum Gasteiger partial charge on any atom is -0.508 e. The molecular weight excluding hydrogens is 230 g/mol. The second-order valence-corrected chi connectivity index (χ2v) is 4.93. The van der Waals surface area contributed by atoms with Crippen LogP contribution in [0.15, 0.2) is 52.3 Å². The Labute approximate surface area is 105 Å². The Bertz CT molecular complexity index is 508. The van der Waals surface area contributed by atoms with E-state index in [1.807, 2.05) is 30.3 Å². The predicted octanol–water partition coefficient (Wildman–Crippen LogP) is 3.69. The summed E-state index contributed by atoms with van der Waals surface area (Å²) in [6.45, 7) is 2.12. The predicted molar refractivity (Wildman–Crippen MR) is 72.5 cm³/mol. The van der Waals surface area contributed by atoms with Crippen molar-refractivity contribution in [3.63, 3.8) is 0 Å². The summed E-state index contributed by atoms with van der Waals surface area (Å²) in [6.07, 6.45) is 0.964. The molecule has 0 amide bonds. The average molecular weight is 245 g/mol. The van der Waals surface area contributed by atoms with Crippen molar-refractivity contribution in [1.82, 2.24) is 0 Å². The number of phenolic OH excluding ortho intramolecular Hbond substituents is 1. The van der Waals surface area contributed by atoms with E-state index in [0.717, 1.165) is 17.0 Å². The highest BCUT2D eigenvalue weighted by Gasteiger charge is 2.03. The molecule has 0 spiro atoms.